The molecule has 1 amide bonds. The molecule has 25 heavy (non-hydrogen) atoms. The van der Waals surface area contributed by atoms with E-state index in [2.05, 4.69) is 5.32 Å². The minimum absolute atomic E-state index is 0.0340. The molecule has 0 saturated carbocycles. The molecule has 7 heteroatoms. The fraction of sp³-hybridized carbons (Fsp3) is 0.222. The second-order valence-corrected chi connectivity index (χ2v) is 7.17. The largest absolute Gasteiger partial charge is 0.481 e. The van der Waals surface area contributed by atoms with Gasteiger partial charge >= 0.3 is 4.87 Å². The van der Waals surface area contributed by atoms with Gasteiger partial charge in [0, 0.05) is 17.8 Å². The highest BCUT2D eigenvalue weighted by Crippen LogP contribution is 2.23. The zero-order valence-electron chi connectivity index (χ0n) is 14.0. The highest BCUT2D eigenvalue weighted by atomic mass is 35.5. The van der Waals surface area contributed by atoms with Crippen LogP contribution in [0.2, 0.25) is 5.02 Å². The van der Waals surface area contributed by atoms with Crippen LogP contribution in [0.15, 0.2) is 41.2 Å². The Kier molecular flexibility index (Phi) is 4.83. The van der Waals surface area contributed by atoms with Gasteiger partial charge < -0.3 is 14.6 Å². The van der Waals surface area contributed by atoms with E-state index in [4.69, 9.17) is 16.3 Å². The molecule has 0 spiro atoms. The third-order valence-corrected chi connectivity index (χ3v) is 5.29. The molecule has 0 aliphatic heterocycles. The van der Waals surface area contributed by atoms with Crippen molar-refractivity contribution in [3.8, 4) is 5.75 Å². The molecule has 0 aliphatic rings. The molecule has 0 radical (unpaired) electrons. The van der Waals surface area contributed by atoms with E-state index in [1.165, 1.54) is 0 Å². The Morgan fingerprint density at radius 3 is 2.76 bits per heavy atom. The van der Waals surface area contributed by atoms with Crippen molar-refractivity contribution >= 4 is 44.7 Å². The maximum atomic E-state index is 12.4. The fourth-order valence-electron chi connectivity index (χ4n) is 2.40. The molecule has 1 heterocycles. The van der Waals surface area contributed by atoms with Crippen molar-refractivity contribution in [1.82, 2.24) is 4.57 Å². The van der Waals surface area contributed by atoms with Gasteiger partial charge in [-0.15, -0.1) is 0 Å². The summed E-state index contributed by atoms with van der Waals surface area (Å²) in [7, 11) is 1.73. The molecule has 1 unspecified atom stereocenters. The predicted octanol–water partition coefficient (Wildman–Crippen LogP) is 3.97. The first-order valence-electron chi connectivity index (χ1n) is 7.68. The van der Waals surface area contributed by atoms with Crippen LogP contribution in [-0.2, 0) is 11.8 Å². The van der Waals surface area contributed by atoms with E-state index in [0.717, 1.165) is 27.1 Å². The van der Waals surface area contributed by atoms with Crippen LogP contribution in [0.25, 0.3) is 10.2 Å². The third kappa shape index (κ3) is 3.70. The van der Waals surface area contributed by atoms with Crippen LogP contribution < -0.4 is 14.9 Å². The van der Waals surface area contributed by atoms with Crippen LogP contribution in [0.1, 0.15) is 12.5 Å². The van der Waals surface area contributed by atoms with E-state index >= 15 is 0 Å². The maximum Gasteiger partial charge on any atom is 0.307 e. The predicted molar refractivity (Wildman–Crippen MR) is 102 cm³/mol. The quantitative estimate of drug-likeness (QED) is 0.749. The van der Waals surface area contributed by atoms with E-state index in [-0.39, 0.29) is 10.8 Å². The number of halogens is 1. The Morgan fingerprint density at radius 2 is 2.04 bits per heavy atom. The standard InChI is InChI=1S/C18H17ClN2O3S/c1-10-8-13(5-6-14(10)19)24-11(2)17(22)20-12-4-7-15-16(9-12)25-18(23)21(15)3/h4-9,11H,1-3H3,(H,20,22). The summed E-state index contributed by atoms with van der Waals surface area (Å²) in [5.74, 6) is 0.316. The van der Waals surface area contributed by atoms with Gasteiger partial charge in [0.1, 0.15) is 5.75 Å². The van der Waals surface area contributed by atoms with Crippen LogP contribution in [0.4, 0.5) is 5.69 Å². The Hall–Kier alpha value is -2.31. The minimum Gasteiger partial charge on any atom is -0.481 e. The first kappa shape index (κ1) is 17.5. The van der Waals surface area contributed by atoms with Gasteiger partial charge in [0.25, 0.3) is 5.91 Å². The Morgan fingerprint density at radius 1 is 1.28 bits per heavy atom. The van der Waals surface area contributed by atoms with Crippen molar-refractivity contribution < 1.29 is 9.53 Å². The number of amides is 1. The number of nitrogens with one attached hydrogen (secondary N) is 1. The summed E-state index contributed by atoms with van der Waals surface area (Å²) in [6.07, 6.45) is -0.675. The lowest BCUT2D eigenvalue weighted by molar-refractivity contribution is -0.122. The molecule has 5 nitrogen and oxygen atoms in total. The molecule has 1 N–H and O–H groups in total. The van der Waals surface area contributed by atoms with Gasteiger partial charge in [-0.1, -0.05) is 22.9 Å². The number of benzene rings is 2. The van der Waals surface area contributed by atoms with E-state index in [0.29, 0.717) is 16.5 Å². The number of carbonyl (C=O) groups excluding carboxylic acids is 1. The topological polar surface area (TPSA) is 60.3 Å². The number of rotatable bonds is 4. The monoisotopic (exact) mass is 376 g/mol. The van der Waals surface area contributed by atoms with E-state index < -0.39 is 6.10 Å². The molecular formula is C18H17ClN2O3S. The fourth-order valence-corrected chi connectivity index (χ4v) is 3.44. The number of thiazole rings is 1. The molecule has 1 aromatic heterocycles. The lowest BCUT2D eigenvalue weighted by Crippen LogP contribution is -2.30. The normalized spacial score (nSPS) is 12.2. The molecule has 130 valence electrons. The number of ether oxygens (including phenoxy) is 1. The number of hydrogen-bond donors (Lipinski definition) is 1. The van der Waals surface area contributed by atoms with E-state index in [1.54, 1.807) is 48.9 Å². The second kappa shape index (κ2) is 6.90. The van der Waals surface area contributed by atoms with Crippen LogP contribution >= 0.6 is 22.9 Å². The van der Waals surface area contributed by atoms with Gasteiger partial charge in [0.05, 0.1) is 10.2 Å². The highest BCUT2D eigenvalue weighted by Gasteiger charge is 2.16. The average Bonchev–Trinajstić information content (AvgIpc) is 2.85. The van der Waals surface area contributed by atoms with Gasteiger partial charge in [-0.3, -0.25) is 9.59 Å². The Labute approximate surface area is 153 Å². The maximum absolute atomic E-state index is 12.4. The number of hydrogen-bond acceptors (Lipinski definition) is 4. The van der Waals surface area contributed by atoms with Gasteiger partial charge in [-0.05, 0) is 55.8 Å². The minimum atomic E-state index is -0.675. The van der Waals surface area contributed by atoms with Crippen LogP contribution in [-0.4, -0.2) is 16.6 Å². The van der Waals surface area contributed by atoms with Gasteiger partial charge in [-0.25, -0.2) is 0 Å². The molecule has 0 saturated heterocycles. The smallest absolute Gasteiger partial charge is 0.307 e. The van der Waals surface area contributed by atoms with Crippen molar-refractivity contribution in [2.24, 2.45) is 7.05 Å². The Balaban J connectivity index is 1.72. The number of carbonyl (C=O) groups is 1. The van der Waals surface area contributed by atoms with Crippen LogP contribution in [0.3, 0.4) is 0 Å². The molecule has 1 atom stereocenters. The SMILES string of the molecule is Cc1cc(OC(C)C(=O)Nc2ccc3c(c2)sc(=O)n3C)ccc1Cl. The summed E-state index contributed by atoms with van der Waals surface area (Å²) < 4.78 is 8.08. The second-order valence-electron chi connectivity index (χ2n) is 5.77. The zero-order valence-corrected chi connectivity index (χ0v) is 15.6. The van der Waals surface area contributed by atoms with Crippen LogP contribution in [0, 0.1) is 6.92 Å². The van der Waals surface area contributed by atoms with Crippen molar-refractivity contribution in [1.29, 1.82) is 0 Å². The number of anilines is 1. The molecular weight excluding hydrogens is 360 g/mol. The van der Waals surface area contributed by atoms with E-state index in [1.807, 2.05) is 13.0 Å². The molecule has 3 aromatic rings. The molecule has 3 rings (SSSR count). The van der Waals surface area contributed by atoms with Crippen LogP contribution in [0.5, 0.6) is 5.75 Å². The lowest BCUT2D eigenvalue weighted by Gasteiger charge is -2.15. The number of aryl methyl sites for hydroxylation is 2. The first-order valence-corrected chi connectivity index (χ1v) is 8.88. The summed E-state index contributed by atoms with van der Waals surface area (Å²) >= 11 is 7.14. The number of nitrogens with zero attached hydrogens (tertiary/aromatic N) is 1. The molecule has 2 aromatic carbocycles. The Bertz CT molecular complexity index is 1010. The number of fused-ring (bicyclic) bond motifs is 1. The average molecular weight is 377 g/mol. The summed E-state index contributed by atoms with van der Waals surface area (Å²) in [5.41, 5.74) is 2.35. The first-order chi connectivity index (χ1) is 11.8. The van der Waals surface area contributed by atoms with Gasteiger partial charge in [-0.2, -0.15) is 0 Å². The van der Waals surface area contributed by atoms with Gasteiger partial charge in [0.2, 0.25) is 0 Å². The lowest BCUT2D eigenvalue weighted by atomic mass is 10.2. The summed E-state index contributed by atoms with van der Waals surface area (Å²) in [4.78, 5) is 24.0. The molecule has 0 bridgehead atoms. The van der Waals surface area contributed by atoms with Crippen molar-refractivity contribution in [2.45, 2.75) is 20.0 Å². The summed E-state index contributed by atoms with van der Waals surface area (Å²) in [6.45, 7) is 3.55. The van der Waals surface area contributed by atoms with Crippen molar-refractivity contribution in [2.75, 3.05) is 5.32 Å². The van der Waals surface area contributed by atoms with Crippen molar-refractivity contribution in [3.63, 3.8) is 0 Å². The summed E-state index contributed by atoms with van der Waals surface area (Å²) in [6, 6.07) is 10.6. The van der Waals surface area contributed by atoms with E-state index in [9.17, 15) is 9.59 Å². The highest BCUT2D eigenvalue weighted by molar-refractivity contribution is 7.16. The number of aromatic nitrogens is 1. The summed E-state index contributed by atoms with van der Waals surface area (Å²) in [5, 5.41) is 3.47. The molecule has 0 fully saturated rings. The molecule has 0 aliphatic carbocycles. The van der Waals surface area contributed by atoms with Crippen molar-refractivity contribution in [3.05, 3.63) is 56.7 Å². The zero-order chi connectivity index (χ0) is 18.1. The third-order valence-electron chi connectivity index (χ3n) is 3.87. The van der Waals surface area contributed by atoms with Gasteiger partial charge in [0.15, 0.2) is 6.10 Å².